The van der Waals surface area contributed by atoms with Crippen LogP contribution in [0, 0.1) is 6.92 Å². The van der Waals surface area contributed by atoms with Crippen LogP contribution in [0.25, 0.3) is 5.57 Å². The molecule has 1 aliphatic heterocycles. The number of aliphatic hydroxyl groups is 1. The number of carbonyl (C=O) groups excluding carboxylic acids is 2. The number of carbonyl (C=O) groups is 2. The highest BCUT2D eigenvalue weighted by atomic mass is 16.3. The second kappa shape index (κ2) is 5.72. The van der Waals surface area contributed by atoms with Crippen molar-refractivity contribution in [3.05, 3.63) is 71.0 Å². The van der Waals surface area contributed by atoms with E-state index >= 15 is 0 Å². The average molecular weight is 307 g/mol. The van der Waals surface area contributed by atoms with Crippen molar-refractivity contribution < 1.29 is 14.7 Å². The van der Waals surface area contributed by atoms with Gasteiger partial charge in [-0.25, -0.2) is 4.90 Å². The third-order valence-corrected chi connectivity index (χ3v) is 4.00. The molecule has 4 heteroatoms. The van der Waals surface area contributed by atoms with Crippen molar-refractivity contribution in [1.29, 1.82) is 0 Å². The van der Waals surface area contributed by atoms with E-state index in [0.717, 1.165) is 22.4 Å². The molecule has 116 valence electrons. The Morgan fingerprint density at radius 2 is 1.52 bits per heavy atom. The molecule has 1 aliphatic rings. The molecule has 1 N–H and O–H groups in total. The van der Waals surface area contributed by atoms with Gasteiger partial charge in [-0.3, -0.25) is 9.59 Å². The van der Waals surface area contributed by atoms with Crippen LogP contribution >= 0.6 is 0 Å². The Morgan fingerprint density at radius 1 is 0.913 bits per heavy atom. The van der Waals surface area contributed by atoms with Gasteiger partial charge in [0.2, 0.25) is 0 Å². The van der Waals surface area contributed by atoms with Gasteiger partial charge in [0.25, 0.3) is 5.91 Å². The van der Waals surface area contributed by atoms with Gasteiger partial charge in [-0.05, 0) is 36.6 Å². The minimum atomic E-state index is -0.685. The zero-order valence-corrected chi connectivity index (χ0v) is 13.0. The first kappa shape index (κ1) is 15.0. The van der Waals surface area contributed by atoms with Gasteiger partial charge in [-0.2, -0.15) is 0 Å². The van der Waals surface area contributed by atoms with E-state index < -0.39 is 17.6 Å². The van der Waals surface area contributed by atoms with Gasteiger partial charge in [0.15, 0.2) is 5.76 Å². The van der Waals surface area contributed by atoms with E-state index in [1.165, 1.54) is 0 Å². The molecular formula is C19H17NO3. The van der Waals surface area contributed by atoms with Gasteiger partial charge in [0.05, 0.1) is 11.3 Å². The summed E-state index contributed by atoms with van der Waals surface area (Å²) in [6.45, 7) is 3.96. The topological polar surface area (TPSA) is 57.6 Å². The van der Waals surface area contributed by atoms with Crippen LogP contribution in [-0.4, -0.2) is 16.9 Å². The maximum absolute atomic E-state index is 12.7. The molecule has 2 aromatic rings. The van der Waals surface area contributed by atoms with E-state index in [9.17, 15) is 14.7 Å². The Balaban J connectivity index is 1.99. The first-order valence-electron chi connectivity index (χ1n) is 7.51. The fourth-order valence-corrected chi connectivity index (χ4v) is 2.61. The van der Waals surface area contributed by atoms with Crippen LogP contribution in [0.2, 0.25) is 0 Å². The van der Waals surface area contributed by atoms with E-state index in [-0.39, 0.29) is 5.57 Å². The lowest BCUT2D eigenvalue weighted by molar-refractivity contribution is -0.121. The molecule has 1 heterocycles. The number of benzene rings is 2. The summed E-state index contributed by atoms with van der Waals surface area (Å²) in [5, 5.41) is 10.2. The Kier molecular flexibility index (Phi) is 3.74. The quantitative estimate of drug-likeness (QED) is 0.884. The third kappa shape index (κ3) is 2.52. The van der Waals surface area contributed by atoms with Crippen molar-refractivity contribution in [2.45, 2.75) is 20.3 Å². The normalized spacial score (nSPS) is 14.8. The molecule has 2 amide bonds. The summed E-state index contributed by atoms with van der Waals surface area (Å²) >= 11 is 0. The van der Waals surface area contributed by atoms with Gasteiger partial charge >= 0.3 is 5.91 Å². The largest absolute Gasteiger partial charge is 0.502 e. The summed E-state index contributed by atoms with van der Waals surface area (Å²) in [7, 11) is 0. The summed E-state index contributed by atoms with van der Waals surface area (Å²) in [5.41, 5.74) is 3.21. The predicted molar refractivity (Wildman–Crippen MR) is 89.0 cm³/mol. The van der Waals surface area contributed by atoms with Crippen LogP contribution in [0.5, 0.6) is 0 Å². The standard InChI is InChI=1S/C19H17NO3/c1-3-13-6-10-15(11-7-13)20-18(22)16(17(21)19(20)23)14-8-4-12(2)5-9-14/h4-11,21H,3H2,1-2H3. The minimum absolute atomic E-state index is 0.0505. The highest BCUT2D eigenvalue weighted by molar-refractivity contribution is 6.44. The highest BCUT2D eigenvalue weighted by Crippen LogP contribution is 2.32. The fourth-order valence-electron chi connectivity index (χ4n) is 2.61. The Morgan fingerprint density at radius 3 is 2.09 bits per heavy atom. The summed E-state index contributed by atoms with van der Waals surface area (Å²) in [6.07, 6.45) is 0.875. The van der Waals surface area contributed by atoms with Gasteiger partial charge in [-0.15, -0.1) is 0 Å². The van der Waals surface area contributed by atoms with Crippen LogP contribution in [0.3, 0.4) is 0 Å². The lowest BCUT2D eigenvalue weighted by atomic mass is 10.0. The van der Waals surface area contributed by atoms with Crippen LogP contribution in [0.15, 0.2) is 54.3 Å². The fraction of sp³-hybridized carbons (Fsp3) is 0.158. The first-order valence-corrected chi connectivity index (χ1v) is 7.51. The SMILES string of the molecule is CCc1ccc(N2C(=O)C(O)=C(c3ccc(C)cc3)C2=O)cc1. The van der Waals surface area contributed by atoms with Crippen molar-refractivity contribution in [1.82, 2.24) is 0 Å². The number of amides is 2. The van der Waals surface area contributed by atoms with Crippen LogP contribution < -0.4 is 4.90 Å². The molecule has 0 fully saturated rings. The molecule has 23 heavy (non-hydrogen) atoms. The number of imide groups is 1. The lowest BCUT2D eigenvalue weighted by Crippen LogP contribution is -2.31. The van der Waals surface area contributed by atoms with E-state index in [1.54, 1.807) is 24.3 Å². The second-order valence-electron chi connectivity index (χ2n) is 5.56. The number of aliphatic hydroxyl groups excluding tert-OH is 1. The molecule has 0 saturated carbocycles. The van der Waals surface area contributed by atoms with Crippen molar-refractivity contribution in [3.63, 3.8) is 0 Å². The predicted octanol–water partition coefficient (Wildman–Crippen LogP) is 3.40. The van der Waals surface area contributed by atoms with E-state index in [1.807, 2.05) is 38.1 Å². The van der Waals surface area contributed by atoms with Gasteiger partial charge in [-0.1, -0.05) is 48.9 Å². The number of aryl methyl sites for hydroxylation is 2. The smallest absolute Gasteiger partial charge is 0.301 e. The maximum Gasteiger partial charge on any atom is 0.301 e. The summed E-state index contributed by atoms with van der Waals surface area (Å²) < 4.78 is 0. The van der Waals surface area contributed by atoms with Crippen LogP contribution in [-0.2, 0) is 16.0 Å². The van der Waals surface area contributed by atoms with E-state index in [4.69, 9.17) is 0 Å². The molecule has 0 atom stereocenters. The zero-order chi connectivity index (χ0) is 16.6. The molecule has 0 unspecified atom stereocenters. The molecule has 0 bridgehead atoms. The van der Waals surface area contributed by atoms with Gasteiger partial charge < -0.3 is 5.11 Å². The molecule has 3 rings (SSSR count). The number of nitrogens with zero attached hydrogens (tertiary/aromatic N) is 1. The molecule has 0 radical (unpaired) electrons. The van der Waals surface area contributed by atoms with Crippen molar-refractivity contribution in [2.24, 2.45) is 0 Å². The van der Waals surface area contributed by atoms with E-state index in [2.05, 4.69) is 0 Å². The molecule has 2 aromatic carbocycles. The average Bonchev–Trinajstić information content (AvgIpc) is 2.78. The molecule has 0 aliphatic carbocycles. The number of hydrogen-bond donors (Lipinski definition) is 1. The van der Waals surface area contributed by atoms with Crippen molar-refractivity contribution >= 4 is 23.1 Å². The Bertz CT molecular complexity index is 802. The summed E-state index contributed by atoms with van der Waals surface area (Å²) in [4.78, 5) is 26.0. The monoisotopic (exact) mass is 307 g/mol. The lowest BCUT2D eigenvalue weighted by Gasteiger charge is -2.15. The molecule has 0 aromatic heterocycles. The maximum atomic E-state index is 12.7. The summed E-state index contributed by atoms with van der Waals surface area (Å²) in [5.74, 6) is -1.69. The minimum Gasteiger partial charge on any atom is -0.502 e. The number of hydrogen-bond acceptors (Lipinski definition) is 3. The molecular weight excluding hydrogens is 290 g/mol. The first-order chi connectivity index (χ1) is 11.0. The van der Waals surface area contributed by atoms with Crippen molar-refractivity contribution in [2.75, 3.05) is 4.90 Å². The number of rotatable bonds is 3. The zero-order valence-electron chi connectivity index (χ0n) is 13.0. The number of anilines is 1. The van der Waals surface area contributed by atoms with Crippen LogP contribution in [0.4, 0.5) is 5.69 Å². The van der Waals surface area contributed by atoms with Crippen molar-refractivity contribution in [3.8, 4) is 0 Å². The Hall–Kier alpha value is -2.88. The van der Waals surface area contributed by atoms with Gasteiger partial charge in [0, 0.05) is 0 Å². The van der Waals surface area contributed by atoms with E-state index in [0.29, 0.717) is 11.3 Å². The molecule has 0 saturated heterocycles. The third-order valence-electron chi connectivity index (χ3n) is 4.00. The second-order valence-corrected chi connectivity index (χ2v) is 5.56. The Labute approximate surface area is 134 Å². The highest BCUT2D eigenvalue weighted by Gasteiger charge is 2.40. The molecule has 0 spiro atoms. The van der Waals surface area contributed by atoms with Gasteiger partial charge in [0.1, 0.15) is 0 Å². The molecule has 4 nitrogen and oxygen atoms in total. The van der Waals surface area contributed by atoms with Crippen LogP contribution in [0.1, 0.15) is 23.6 Å². The summed E-state index contributed by atoms with van der Waals surface area (Å²) in [6, 6.07) is 14.3.